The molecule has 0 unspecified atom stereocenters. The van der Waals surface area contributed by atoms with Gasteiger partial charge in [-0.05, 0) is 54.6 Å². The Bertz CT molecular complexity index is 1050. The van der Waals surface area contributed by atoms with E-state index in [4.69, 9.17) is 0 Å². The summed E-state index contributed by atoms with van der Waals surface area (Å²) in [4.78, 5) is 32.8. The number of aliphatic imine (C=N–C) groups is 1. The molecule has 2 aromatic carbocycles. The van der Waals surface area contributed by atoms with Crippen LogP contribution in [0.15, 0.2) is 82.4 Å². The minimum absolute atomic E-state index is 0.206. The van der Waals surface area contributed by atoms with Crippen LogP contribution in [0.1, 0.15) is 23.0 Å². The molecule has 0 saturated carbocycles. The Morgan fingerprint density at radius 3 is 2.47 bits per heavy atom. The van der Waals surface area contributed by atoms with Gasteiger partial charge in [-0.25, -0.2) is 4.99 Å². The molecule has 2 amide bonds. The lowest BCUT2D eigenvalue weighted by Gasteiger charge is -2.12. The fraction of sp³-hybridized carbons (Fsp3) is 0.0909. The maximum absolute atomic E-state index is 12.8. The van der Waals surface area contributed by atoms with E-state index in [1.165, 1.54) is 6.92 Å². The van der Waals surface area contributed by atoms with Crippen molar-refractivity contribution in [3.05, 3.63) is 88.7 Å². The van der Waals surface area contributed by atoms with E-state index in [1.807, 2.05) is 42.5 Å². The van der Waals surface area contributed by atoms with Gasteiger partial charge in [-0.2, -0.15) is 0 Å². The van der Waals surface area contributed by atoms with Crippen LogP contribution in [0.25, 0.3) is 0 Å². The number of nitrogens with one attached hydrogen (secondary N) is 3. The molecule has 1 aromatic heterocycles. The van der Waals surface area contributed by atoms with Crippen molar-refractivity contribution in [1.29, 1.82) is 0 Å². The lowest BCUT2D eigenvalue weighted by molar-refractivity contribution is -0.114. The van der Waals surface area contributed by atoms with E-state index < -0.39 is 0 Å². The Hall–Kier alpha value is -3.52. The van der Waals surface area contributed by atoms with Gasteiger partial charge >= 0.3 is 0 Å². The van der Waals surface area contributed by atoms with Crippen LogP contribution in [0.3, 0.4) is 0 Å². The monoisotopic (exact) mass is 465 g/mol. The molecule has 30 heavy (non-hydrogen) atoms. The van der Waals surface area contributed by atoms with Crippen molar-refractivity contribution in [2.45, 2.75) is 13.5 Å². The third kappa shape index (κ3) is 6.52. The zero-order valence-electron chi connectivity index (χ0n) is 16.2. The molecule has 1 heterocycles. The molecule has 0 aliphatic heterocycles. The Kier molecular flexibility index (Phi) is 7.29. The normalized spacial score (nSPS) is 10.9. The summed E-state index contributed by atoms with van der Waals surface area (Å²) >= 11 is 3.40. The zero-order chi connectivity index (χ0) is 21.3. The van der Waals surface area contributed by atoms with Crippen LogP contribution in [-0.2, 0) is 11.3 Å². The van der Waals surface area contributed by atoms with Gasteiger partial charge in [-0.3, -0.25) is 19.9 Å². The molecule has 3 N–H and O–H groups in total. The third-order valence-corrected chi connectivity index (χ3v) is 4.44. The quantitative estimate of drug-likeness (QED) is 0.388. The summed E-state index contributed by atoms with van der Waals surface area (Å²) in [5.41, 5.74) is 2.48. The second-order valence-electron chi connectivity index (χ2n) is 6.33. The topological polar surface area (TPSA) is 95.5 Å². The van der Waals surface area contributed by atoms with Crippen molar-refractivity contribution in [1.82, 2.24) is 10.3 Å². The molecule has 3 rings (SSSR count). The minimum atomic E-state index is -0.355. The van der Waals surface area contributed by atoms with Gasteiger partial charge in [0.05, 0.1) is 12.2 Å². The van der Waals surface area contributed by atoms with Crippen molar-refractivity contribution in [3.8, 4) is 0 Å². The van der Waals surface area contributed by atoms with Gasteiger partial charge in [0.1, 0.15) is 0 Å². The molecule has 0 saturated heterocycles. The van der Waals surface area contributed by atoms with Crippen LogP contribution in [0.4, 0.5) is 11.4 Å². The standard InChI is InChI=1S/C22H20BrN5O2/c1-15(29)26-19-7-4-5-16(13-19)21(30)28-22(25-14-20-6-2-3-12-24-20)27-18-10-8-17(23)9-11-18/h2-13H,14H2,1H3,(H,26,29)(H2,25,27,28,30). The largest absolute Gasteiger partial charge is 0.326 e. The van der Waals surface area contributed by atoms with Gasteiger partial charge in [-0.1, -0.05) is 28.1 Å². The number of nitrogens with zero attached hydrogens (tertiary/aromatic N) is 2. The summed E-state index contributed by atoms with van der Waals surface area (Å²) in [6, 6.07) is 19.8. The molecule has 0 spiro atoms. The van der Waals surface area contributed by atoms with E-state index in [1.54, 1.807) is 30.5 Å². The molecular weight excluding hydrogens is 446 g/mol. The molecule has 0 aliphatic rings. The SMILES string of the molecule is CC(=O)Nc1cccc(C(=O)NC(=NCc2ccccn2)Nc2ccc(Br)cc2)c1. The molecule has 0 radical (unpaired) electrons. The lowest BCUT2D eigenvalue weighted by Crippen LogP contribution is -2.36. The molecule has 0 bridgehead atoms. The second kappa shape index (κ2) is 10.3. The van der Waals surface area contributed by atoms with E-state index >= 15 is 0 Å². The van der Waals surface area contributed by atoms with E-state index in [2.05, 4.69) is 41.9 Å². The smallest absolute Gasteiger partial charge is 0.258 e. The van der Waals surface area contributed by atoms with Gasteiger partial charge in [0.2, 0.25) is 11.9 Å². The third-order valence-electron chi connectivity index (χ3n) is 3.91. The summed E-state index contributed by atoms with van der Waals surface area (Å²) in [5, 5.41) is 8.59. The molecule has 152 valence electrons. The fourth-order valence-corrected chi connectivity index (χ4v) is 2.82. The Balaban J connectivity index is 1.79. The fourth-order valence-electron chi connectivity index (χ4n) is 2.55. The van der Waals surface area contributed by atoms with E-state index in [9.17, 15) is 9.59 Å². The number of rotatable bonds is 5. The maximum atomic E-state index is 12.8. The van der Waals surface area contributed by atoms with Crippen LogP contribution in [0.2, 0.25) is 0 Å². The summed E-state index contributed by atoms with van der Waals surface area (Å²) in [7, 11) is 0. The molecule has 7 nitrogen and oxygen atoms in total. The molecule has 0 aliphatic carbocycles. The van der Waals surface area contributed by atoms with Crippen LogP contribution in [-0.4, -0.2) is 22.8 Å². The Morgan fingerprint density at radius 1 is 0.967 bits per heavy atom. The highest BCUT2D eigenvalue weighted by atomic mass is 79.9. The van der Waals surface area contributed by atoms with Crippen LogP contribution < -0.4 is 16.0 Å². The van der Waals surface area contributed by atoms with Crippen LogP contribution >= 0.6 is 15.9 Å². The highest BCUT2D eigenvalue weighted by Gasteiger charge is 2.11. The average Bonchev–Trinajstić information content (AvgIpc) is 2.74. The zero-order valence-corrected chi connectivity index (χ0v) is 17.8. The van der Waals surface area contributed by atoms with Gasteiger partial charge in [0, 0.05) is 34.5 Å². The van der Waals surface area contributed by atoms with Gasteiger partial charge in [0.25, 0.3) is 5.91 Å². The number of hydrogen-bond donors (Lipinski definition) is 3. The summed E-state index contributed by atoms with van der Waals surface area (Å²) in [6.45, 7) is 1.71. The number of aromatic nitrogens is 1. The number of anilines is 2. The van der Waals surface area contributed by atoms with E-state index in [-0.39, 0.29) is 17.8 Å². The number of guanidine groups is 1. The summed E-state index contributed by atoms with van der Waals surface area (Å²) < 4.78 is 0.943. The lowest BCUT2D eigenvalue weighted by atomic mass is 10.2. The van der Waals surface area contributed by atoms with Crippen molar-refractivity contribution in [3.63, 3.8) is 0 Å². The first-order chi connectivity index (χ1) is 14.5. The van der Waals surface area contributed by atoms with Crippen molar-refractivity contribution < 1.29 is 9.59 Å². The Labute approximate surface area is 182 Å². The number of benzene rings is 2. The molecular formula is C22H20BrN5O2. The highest BCUT2D eigenvalue weighted by molar-refractivity contribution is 9.10. The number of carbonyl (C=O) groups excluding carboxylic acids is 2. The number of halogens is 1. The maximum Gasteiger partial charge on any atom is 0.258 e. The summed E-state index contributed by atoms with van der Waals surface area (Å²) in [6.07, 6.45) is 1.69. The average molecular weight is 466 g/mol. The second-order valence-corrected chi connectivity index (χ2v) is 7.25. The highest BCUT2D eigenvalue weighted by Crippen LogP contribution is 2.15. The van der Waals surface area contributed by atoms with Crippen LogP contribution in [0.5, 0.6) is 0 Å². The first kappa shape index (κ1) is 21.2. The van der Waals surface area contributed by atoms with Crippen molar-refractivity contribution >= 4 is 45.1 Å². The number of carbonyl (C=O) groups is 2. The van der Waals surface area contributed by atoms with Crippen molar-refractivity contribution in [2.24, 2.45) is 4.99 Å². The number of pyridine rings is 1. The predicted molar refractivity (Wildman–Crippen MR) is 121 cm³/mol. The van der Waals surface area contributed by atoms with Crippen molar-refractivity contribution in [2.75, 3.05) is 10.6 Å². The molecule has 3 aromatic rings. The van der Waals surface area contributed by atoms with Gasteiger partial charge in [0.15, 0.2) is 0 Å². The first-order valence-electron chi connectivity index (χ1n) is 9.15. The van der Waals surface area contributed by atoms with Gasteiger partial charge < -0.3 is 10.6 Å². The van der Waals surface area contributed by atoms with E-state index in [0.717, 1.165) is 15.9 Å². The predicted octanol–water partition coefficient (Wildman–Crippen LogP) is 4.20. The van der Waals surface area contributed by atoms with Gasteiger partial charge in [-0.15, -0.1) is 0 Å². The minimum Gasteiger partial charge on any atom is -0.326 e. The summed E-state index contributed by atoms with van der Waals surface area (Å²) in [5.74, 6) is -0.272. The molecule has 0 atom stereocenters. The van der Waals surface area contributed by atoms with Crippen LogP contribution in [0, 0.1) is 0 Å². The number of amides is 2. The van der Waals surface area contributed by atoms with E-state index in [0.29, 0.717) is 17.8 Å². The number of hydrogen-bond acceptors (Lipinski definition) is 4. The first-order valence-corrected chi connectivity index (χ1v) is 9.95. The molecule has 8 heteroatoms. The molecule has 0 fully saturated rings. The Morgan fingerprint density at radius 2 is 1.77 bits per heavy atom.